The summed E-state index contributed by atoms with van der Waals surface area (Å²) in [4.78, 5) is 16.5. The number of rotatable bonds is 7. The van der Waals surface area contributed by atoms with Crippen LogP contribution in [0.5, 0.6) is 5.75 Å². The van der Waals surface area contributed by atoms with E-state index < -0.39 is 0 Å². The van der Waals surface area contributed by atoms with Crippen LogP contribution in [0.3, 0.4) is 0 Å². The van der Waals surface area contributed by atoms with E-state index in [4.69, 9.17) is 14.0 Å². The number of aryl methyl sites for hydroxylation is 1. The normalized spacial score (nSPS) is 14.4. The number of amides is 1. The van der Waals surface area contributed by atoms with Crippen LogP contribution in [0.4, 0.5) is 0 Å². The molecule has 0 atom stereocenters. The Morgan fingerprint density at radius 1 is 1.07 bits per heavy atom. The first kappa shape index (κ1) is 20.1. The summed E-state index contributed by atoms with van der Waals surface area (Å²) < 4.78 is 16.3. The zero-order valence-corrected chi connectivity index (χ0v) is 17.0. The van der Waals surface area contributed by atoms with Gasteiger partial charge in [-0.2, -0.15) is 4.98 Å². The molecule has 7 heteroatoms. The van der Waals surface area contributed by atoms with Gasteiger partial charge in [0, 0.05) is 30.9 Å². The Hall–Kier alpha value is -3.19. The van der Waals surface area contributed by atoms with Gasteiger partial charge >= 0.3 is 0 Å². The first-order valence-electron chi connectivity index (χ1n) is 10.2. The van der Waals surface area contributed by atoms with Crippen molar-refractivity contribution in [3.8, 4) is 28.6 Å². The molecule has 0 spiro atoms. The van der Waals surface area contributed by atoms with Crippen LogP contribution in [0.1, 0.15) is 18.4 Å². The van der Waals surface area contributed by atoms with Gasteiger partial charge in [-0.3, -0.25) is 4.79 Å². The zero-order valence-electron chi connectivity index (χ0n) is 17.0. The summed E-state index contributed by atoms with van der Waals surface area (Å²) in [5.74, 6) is 1.97. The molecule has 0 unspecified atom stereocenters. The van der Waals surface area contributed by atoms with Crippen LogP contribution in [0.2, 0.25) is 0 Å². The highest BCUT2D eigenvalue weighted by atomic mass is 16.5. The Labute approximate surface area is 175 Å². The van der Waals surface area contributed by atoms with E-state index in [9.17, 15) is 4.79 Å². The van der Waals surface area contributed by atoms with Crippen molar-refractivity contribution in [1.29, 1.82) is 0 Å². The van der Waals surface area contributed by atoms with Gasteiger partial charge in [-0.05, 0) is 62.1 Å². The van der Waals surface area contributed by atoms with E-state index in [1.807, 2.05) is 43.3 Å². The van der Waals surface area contributed by atoms with Gasteiger partial charge in [-0.15, -0.1) is 0 Å². The Morgan fingerprint density at radius 2 is 1.77 bits per heavy atom. The van der Waals surface area contributed by atoms with Gasteiger partial charge in [0.05, 0.1) is 0 Å². The summed E-state index contributed by atoms with van der Waals surface area (Å²) >= 11 is 0. The third-order valence-electron chi connectivity index (χ3n) is 5.14. The van der Waals surface area contributed by atoms with Crippen molar-refractivity contribution in [3.63, 3.8) is 0 Å². The Kier molecular flexibility index (Phi) is 6.39. The highest BCUT2D eigenvalue weighted by molar-refractivity contribution is 5.77. The number of carbonyl (C=O) groups excluding carboxylic acids is 1. The number of carbonyl (C=O) groups is 1. The SMILES string of the molecule is Cc1ccc(-c2nc(-c3ccc(OCC(=O)NCC4CCOCC4)cc3)no2)cc1. The molecule has 0 bridgehead atoms. The number of aromatic nitrogens is 2. The van der Waals surface area contributed by atoms with Gasteiger partial charge < -0.3 is 19.3 Å². The van der Waals surface area contributed by atoms with Gasteiger partial charge in [0.15, 0.2) is 6.61 Å². The number of hydrogen-bond donors (Lipinski definition) is 1. The minimum Gasteiger partial charge on any atom is -0.484 e. The molecular formula is C23H25N3O4. The van der Waals surface area contributed by atoms with Crippen molar-refractivity contribution < 1.29 is 18.8 Å². The third-order valence-corrected chi connectivity index (χ3v) is 5.14. The lowest BCUT2D eigenvalue weighted by Crippen LogP contribution is -2.35. The van der Waals surface area contributed by atoms with E-state index in [0.29, 0.717) is 29.9 Å². The largest absolute Gasteiger partial charge is 0.484 e. The van der Waals surface area contributed by atoms with Crippen LogP contribution < -0.4 is 10.1 Å². The summed E-state index contributed by atoms with van der Waals surface area (Å²) in [6, 6.07) is 15.2. The van der Waals surface area contributed by atoms with E-state index in [1.165, 1.54) is 5.56 Å². The highest BCUT2D eigenvalue weighted by Crippen LogP contribution is 2.24. The number of ether oxygens (including phenoxy) is 2. The molecule has 1 saturated heterocycles. The maximum atomic E-state index is 12.0. The van der Waals surface area contributed by atoms with Crippen LogP contribution in [-0.2, 0) is 9.53 Å². The quantitative estimate of drug-likeness (QED) is 0.644. The van der Waals surface area contributed by atoms with Crippen molar-refractivity contribution >= 4 is 5.91 Å². The predicted molar refractivity (Wildman–Crippen MR) is 112 cm³/mol. The lowest BCUT2D eigenvalue weighted by atomic mass is 10.0. The fourth-order valence-corrected chi connectivity index (χ4v) is 3.26. The monoisotopic (exact) mass is 407 g/mol. The molecule has 1 fully saturated rings. The van der Waals surface area contributed by atoms with Gasteiger partial charge in [0.1, 0.15) is 5.75 Å². The van der Waals surface area contributed by atoms with Crippen molar-refractivity contribution in [2.45, 2.75) is 19.8 Å². The van der Waals surface area contributed by atoms with Crippen molar-refractivity contribution in [1.82, 2.24) is 15.5 Å². The van der Waals surface area contributed by atoms with Crippen molar-refractivity contribution in [2.24, 2.45) is 5.92 Å². The van der Waals surface area contributed by atoms with E-state index in [2.05, 4.69) is 15.5 Å². The fourth-order valence-electron chi connectivity index (χ4n) is 3.26. The van der Waals surface area contributed by atoms with Gasteiger partial charge in [0.25, 0.3) is 11.8 Å². The maximum absolute atomic E-state index is 12.0. The highest BCUT2D eigenvalue weighted by Gasteiger charge is 2.15. The van der Waals surface area contributed by atoms with Crippen LogP contribution >= 0.6 is 0 Å². The molecule has 3 aromatic rings. The average molecular weight is 407 g/mol. The maximum Gasteiger partial charge on any atom is 0.258 e. The Balaban J connectivity index is 1.28. The molecule has 0 saturated carbocycles. The molecule has 0 radical (unpaired) electrons. The summed E-state index contributed by atoms with van der Waals surface area (Å²) in [6.45, 7) is 4.24. The van der Waals surface area contributed by atoms with E-state index in [0.717, 1.165) is 37.2 Å². The van der Waals surface area contributed by atoms with Crippen LogP contribution in [-0.4, -0.2) is 42.4 Å². The lowest BCUT2D eigenvalue weighted by molar-refractivity contribution is -0.123. The number of nitrogens with zero attached hydrogens (tertiary/aromatic N) is 2. The van der Waals surface area contributed by atoms with E-state index >= 15 is 0 Å². The molecule has 1 aliphatic rings. The molecule has 1 amide bonds. The van der Waals surface area contributed by atoms with Gasteiger partial charge in [0.2, 0.25) is 5.82 Å². The minimum absolute atomic E-state index is 0.0116. The number of nitrogens with one attached hydrogen (secondary N) is 1. The van der Waals surface area contributed by atoms with Crippen LogP contribution in [0, 0.1) is 12.8 Å². The molecular weight excluding hydrogens is 382 g/mol. The first-order valence-corrected chi connectivity index (χ1v) is 10.2. The summed E-state index contributed by atoms with van der Waals surface area (Å²) in [5.41, 5.74) is 2.87. The fraction of sp³-hybridized carbons (Fsp3) is 0.348. The molecule has 7 nitrogen and oxygen atoms in total. The van der Waals surface area contributed by atoms with Crippen LogP contribution in [0.25, 0.3) is 22.8 Å². The molecule has 1 aromatic heterocycles. The third kappa shape index (κ3) is 5.24. The molecule has 2 aromatic carbocycles. The summed E-state index contributed by atoms with van der Waals surface area (Å²) in [6.07, 6.45) is 1.98. The zero-order chi connectivity index (χ0) is 20.8. The topological polar surface area (TPSA) is 86.5 Å². The van der Waals surface area contributed by atoms with Crippen molar-refractivity contribution in [3.05, 3.63) is 54.1 Å². The van der Waals surface area contributed by atoms with Gasteiger partial charge in [-0.1, -0.05) is 22.9 Å². The van der Waals surface area contributed by atoms with Gasteiger partial charge in [-0.25, -0.2) is 0 Å². The van der Waals surface area contributed by atoms with E-state index in [1.54, 1.807) is 12.1 Å². The Morgan fingerprint density at radius 3 is 2.50 bits per heavy atom. The lowest BCUT2D eigenvalue weighted by Gasteiger charge is -2.22. The second-order valence-corrected chi connectivity index (χ2v) is 7.46. The van der Waals surface area contributed by atoms with E-state index in [-0.39, 0.29) is 12.5 Å². The summed E-state index contributed by atoms with van der Waals surface area (Å²) in [5, 5.41) is 6.99. The van der Waals surface area contributed by atoms with Crippen molar-refractivity contribution in [2.75, 3.05) is 26.4 Å². The molecule has 1 aliphatic heterocycles. The molecule has 2 heterocycles. The first-order chi connectivity index (χ1) is 14.7. The predicted octanol–water partition coefficient (Wildman–Crippen LogP) is 3.63. The smallest absolute Gasteiger partial charge is 0.258 e. The molecule has 4 rings (SSSR count). The average Bonchev–Trinajstić information content (AvgIpc) is 3.28. The second kappa shape index (κ2) is 9.54. The Bertz CT molecular complexity index is 961. The molecule has 1 N–H and O–H groups in total. The van der Waals surface area contributed by atoms with Crippen LogP contribution in [0.15, 0.2) is 53.1 Å². The molecule has 30 heavy (non-hydrogen) atoms. The second-order valence-electron chi connectivity index (χ2n) is 7.46. The molecule has 0 aliphatic carbocycles. The number of hydrogen-bond acceptors (Lipinski definition) is 6. The standard InChI is InChI=1S/C23H25N3O4/c1-16-2-4-19(5-3-16)23-25-22(26-30-23)18-6-8-20(9-7-18)29-15-21(27)24-14-17-10-12-28-13-11-17/h2-9,17H,10-15H2,1H3,(H,24,27). The number of benzene rings is 2. The molecule has 156 valence electrons. The minimum atomic E-state index is -0.119. The summed E-state index contributed by atoms with van der Waals surface area (Å²) in [7, 11) is 0.